The van der Waals surface area contributed by atoms with Crippen molar-refractivity contribution in [1.82, 2.24) is 25.1 Å². The van der Waals surface area contributed by atoms with Gasteiger partial charge in [-0.2, -0.15) is 0 Å². The number of nitrogens with zero attached hydrogens (tertiary/aromatic N) is 5. The average Bonchev–Trinajstić information content (AvgIpc) is 2.78. The smallest absolute Gasteiger partial charge is 0.225 e. The summed E-state index contributed by atoms with van der Waals surface area (Å²) in [5.74, 6) is 0.679. The van der Waals surface area contributed by atoms with Gasteiger partial charge in [-0.25, -0.2) is 14.4 Å². The van der Waals surface area contributed by atoms with Gasteiger partial charge >= 0.3 is 0 Å². The molecule has 1 aromatic heterocycles. The fraction of sp³-hybridized carbons (Fsp3) is 0.476. The molecule has 1 aromatic carbocycles. The first kappa shape index (κ1) is 19.7. The highest BCUT2D eigenvalue weighted by Crippen LogP contribution is 2.23. The van der Waals surface area contributed by atoms with Crippen LogP contribution >= 0.6 is 0 Å². The lowest BCUT2D eigenvalue weighted by Crippen LogP contribution is -2.50. The van der Waals surface area contributed by atoms with E-state index in [-0.39, 0.29) is 17.8 Å². The minimum absolute atomic E-state index is 0.0966. The van der Waals surface area contributed by atoms with Gasteiger partial charge in [0.2, 0.25) is 11.9 Å². The van der Waals surface area contributed by atoms with Crippen molar-refractivity contribution in [3.05, 3.63) is 54.1 Å². The molecule has 1 N–H and O–H groups in total. The van der Waals surface area contributed by atoms with Crippen molar-refractivity contribution in [2.45, 2.75) is 12.5 Å². The molecular formula is C21H27FN6O. The Morgan fingerprint density at radius 2 is 1.90 bits per heavy atom. The van der Waals surface area contributed by atoms with Gasteiger partial charge in [0.15, 0.2) is 0 Å². The van der Waals surface area contributed by atoms with E-state index in [1.165, 1.54) is 6.07 Å². The number of aromatic nitrogens is 2. The molecule has 154 valence electrons. The summed E-state index contributed by atoms with van der Waals surface area (Å²) in [5.41, 5.74) is 0.959. The number of amides is 1. The maximum absolute atomic E-state index is 13.6. The van der Waals surface area contributed by atoms with E-state index < -0.39 is 0 Å². The highest BCUT2D eigenvalue weighted by molar-refractivity contribution is 5.76. The van der Waals surface area contributed by atoms with Crippen molar-refractivity contribution in [3.8, 4) is 0 Å². The topological polar surface area (TPSA) is 64.6 Å². The second-order valence-electron chi connectivity index (χ2n) is 7.48. The maximum atomic E-state index is 13.6. The molecule has 2 aliphatic rings. The summed E-state index contributed by atoms with van der Waals surface area (Å²) in [5, 5.41) is 3.38. The summed E-state index contributed by atoms with van der Waals surface area (Å²) < 4.78 is 13.6. The number of carbonyl (C=O) groups excluding carboxylic acids is 1. The third-order valence-corrected chi connectivity index (χ3v) is 5.67. The second kappa shape index (κ2) is 9.28. The molecule has 8 heteroatoms. The SMILES string of the molecule is O=C(CCN1CCNCC1c1cccc(F)c1)N1CCN(c2ncccn2)CC1. The fourth-order valence-corrected chi connectivity index (χ4v) is 4.06. The zero-order valence-electron chi connectivity index (χ0n) is 16.5. The first-order chi connectivity index (χ1) is 14.2. The monoisotopic (exact) mass is 398 g/mol. The number of halogens is 1. The summed E-state index contributed by atoms with van der Waals surface area (Å²) in [7, 11) is 0. The number of anilines is 1. The molecule has 0 spiro atoms. The summed E-state index contributed by atoms with van der Waals surface area (Å²) >= 11 is 0. The minimum atomic E-state index is -0.218. The molecule has 2 aliphatic heterocycles. The highest BCUT2D eigenvalue weighted by Gasteiger charge is 2.26. The number of nitrogens with one attached hydrogen (secondary N) is 1. The Balaban J connectivity index is 1.29. The van der Waals surface area contributed by atoms with Crippen molar-refractivity contribution in [1.29, 1.82) is 0 Å². The van der Waals surface area contributed by atoms with Crippen LogP contribution in [0.25, 0.3) is 0 Å². The number of hydrogen-bond donors (Lipinski definition) is 1. The second-order valence-corrected chi connectivity index (χ2v) is 7.48. The van der Waals surface area contributed by atoms with E-state index in [2.05, 4.69) is 25.1 Å². The Labute approximate surface area is 170 Å². The van der Waals surface area contributed by atoms with Crippen LogP contribution in [-0.4, -0.2) is 78.0 Å². The molecule has 2 saturated heterocycles. The summed E-state index contributed by atoms with van der Waals surface area (Å²) in [6.45, 7) is 6.06. The molecule has 0 bridgehead atoms. The first-order valence-electron chi connectivity index (χ1n) is 10.2. The quantitative estimate of drug-likeness (QED) is 0.819. The minimum Gasteiger partial charge on any atom is -0.339 e. The van der Waals surface area contributed by atoms with Crippen LogP contribution in [-0.2, 0) is 4.79 Å². The van der Waals surface area contributed by atoms with Gasteiger partial charge in [0.25, 0.3) is 0 Å². The fourth-order valence-electron chi connectivity index (χ4n) is 4.06. The largest absolute Gasteiger partial charge is 0.339 e. The molecule has 29 heavy (non-hydrogen) atoms. The molecule has 1 atom stereocenters. The van der Waals surface area contributed by atoms with Crippen LogP contribution in [0.15, 0.2) is 42.7 Å². The van der Waals surface area contributed by atoms with Gasteiger partial charge in [-0.15, -0.1) is 0 Å². The molecule has 4 rings (SSSR count). The van der Waals surface area contributed by atoms with Gasteiger partial charge < -0.3 is 15.1 Å². The van der Waals surface area contributed by atoms with Crippen LogP contribution in [0.2, 0.25) is 0 Å². The van der Waals surface area contributed by atoms with Crippen LogP contribution < -0.4 is 10.2 Å². The Kier molecular flexibility index (Phi) is 6.31. The molecule has 0 saturated carbocycles. The molecular weight excluding hydrogens is 371 g/mol. The van der Waals surface area contributed by atoms with Crippen molar-refractivity contribution in [3.63, 3.8) is 0 Å². The van der Waals surface area contributed by atoms with Crippen molar-refractivity contribution in [2.24, 2.45) is 0 Å². The number of piperazine rings is 2. The van der Waals surface area contributed by atoms with Gasteiger partial charge in [0.05, 0.1) is 0 Å². The third kappa shape index (κ3) is 4.89. The zero-order chi connectivity index (χ0) is 20.1. The summed E-state index contributed by atoms with van der Waals surface area (Å²) in [6.07, 6.45) is 3.96. The predicted octanol–water partition coefficient (Wildman–Crippen LogP) is 1.30. The third-order valence-electron chi connectivity index (χ3n) is 5.67. The van der Waals surface area contributed by atoms with Gasteiger partial charge in [-0.05, 0) is 23.8 Å². The molecule has 2 aromatic rings. The summed E-state index contributed by atoms with van der Waals surface area (Å²) in [6, 6.07) is 8.67. The molecule has 0 radical (unpaired) electrons. The van der Waals surface area contributed by atoms with Crippen molar-refractivity contribution >= 4 is 11.9 Å². The standard InChI is InChI=1S/C21H27FN6O/c22-18-4-1-3-17(15-18)19-16-23-8-10-26(19)9-5-20(29)27-11-13-28(14-12-27)21-24-6-2-7-25-21/h1-4,6-7,15,19,23H,5,8-14,16H2. The van der Waals surface area contributed by atoms with Crippen LogP contribution in [0.4, 0.5) is 10.3 Å². The van der Waals surface area contributed by atoms with Gasteiger partial charge in [0, 0.05) is 77.2 Å². The highest BCUT2D eigenvalue weighted by atomic mass is 19.1. The predicted molar refractivity (Wildman–Crippen MR) is 109 cm³/mol. The molecule has 3 heterocycles. The Morgan fingerprint density at radius 1 is 1.10 bits per heavy atom. The van der Waals surface area contributed by atoms with E-state index in [0.29, 0.717) is 26.1 Å². The number of carbonyl (C=O) groups is 1. The van der Waals surface area contributed by atoms with Crippen LogP contribution in [0.3, 0.4) is 0 Å². The van der Waals surface area contributed by atoms with Crippen LogP contribution in [0.5, 0.6) is 0 Å². The van der Waals surface area contributed by atoms with Gasteiger partial charge in [-0.3, -0.25) is 9.69 Å². The van der Waals surface area contributed by atoms with E-state index in [1.807, 2.05) is 11.0 Å². The van der Waals surface area contributed by atoms with E-state index >= 15 is 0 Å². The van der Waals surface area contributed by atoms with Crippen molar-refractivity contribution < 1.29 is 9.18 Å². The number of rotatable bonds is 5. The molecule has 1 unspecified atom stereocenters. The number of benzene rings is 1. The Morgan fingerprint density at radius 3 is 2.66 bits per heavy atom. The van der Waals surface area contributed by atoms with Crippen LogP contribution in [0.1, 0.15) is 18.0 Å². The average molecular weight is 398 g/mol. The van der Waals surface area contributed by atoms with E-state index in [4.69, 9.17) is 0 Å². The number of hydrogen-bond acceptors (Lipinski definition) is 6. The Hall–Kier alpha value is -2.58. The maximum Gasteiger partial charge on any atom is 0.225 e. The van der Waals surface area contributed by atoms with Crippen molar-refractivity contribution in [2.75, 3.05) is 57.3 Å². The first-order valence-corrected chi connectivity index (χ1v) is 10.2. The van der Waals surface area contributed by atoms with Gasteiger partial charge in [0.1, 0.15) is 5.82 Å². The van der Waals surface area contributed by atoms with E-state index in [1.54, 1.807) is 30.6 Å². The molecule has 7 nitrogen and oxygen atoms in total. The van der Waals surface area contributed by atoms with E-state index in [9.17, 15) is 9.18 Å². The normalized spacial score (nSPS) is 20.7. The lowest BCUT2D eigenvalue weighted by Gasteiger charge is -2.38. The van der Waals surface area contributed by atoms with Crippen LogP contribution in [0, 0.1) is 5.82 Å². The molecule has 2 fully saturated rings. The lowest BCUT2D eigenvalue weighted by atomic mass is 10.0. The molecule has 0 aliphatic carbocycles. The van der Waals surface area contributed by atoms with E-state index in [0.717, 1.165) is 44.2 Å². The summed E-state index contributed by atoms with van der Waals surface area (Å²) in [4.78, 5) is 27.7. The molecule has 1 amide bonds. The zero-order valence-corrected chi connectivity index (χ0v) is 16.5. The Bertz CT molecular complexity index is 812. The lowest BCUT2D eigenvalue weighted by molar-refractivity contribution is -0.132. The van der Waals surface area contributed by atoms with Gasteiger partial charge in [-0.1, -0.05) is 12.1 Å².